The lowest BCUT2D eigenvalue weighted by molar-refractivity contribution is 0.309. The highest BCUT2D eigenvalue weighted by molar-refractivity contribution is 6.45. The van der Waals surface area contributed by atoms with Crippen molar-refractivity contribution in [1.82, 2.24) is 0 Å². The zero-order chi connectivity index (χ0) is 14.1. The minimum atomic E-state index is -0.370. The topological polar surface area (TPSA) is 107 Å². The highest BCUT2D eigenvalue weighted by Crippen LogP contribution is 2.17. The Balaban J connectivity index is 2.67. The summed E-state index contributed by atoms with van der Waals surface area (Å²) in [4.78, 5) is 0. The van der Waals surface area contributed by atoms with E-state index in [1.807, 2.05) is 12.1 Å². The van der Waals surface area contributed by atoms with Crippen molar-refractivity contribution >= 4 is 17.2 Å². The summed E-state index contributed by atoms with van der Waals surface area (Å²) in [5, 5.41) is 19.6. The molecule has 0 unspecified atom stereocenters. The Bertz CT molecular complexity index is 504. The maximum atomic E-state index is 8.71. The predicted molar refractivity (Wildman–Crippen MR) is 75.4 cm³/mol. The van der Waals surface area contributed by atoms with Crippen LogP contribution in [0.4, 0.5) is 5.69 Å². The Morgan fingerprint density at radius 2 is 2.37 bits per heavy atom. The van der Waals surface area contributed by atoms with Crippen LogP contribution < -0.4 is 15.9 Å². The van der Waals surface area contributed by atoms with Crippen LogP contribution in [0.3, 0.4) is 0 Å². The van der Waals surface area contributed by atoms with Crippen molar-refractivity contribution in [2.24, 2.45) is 10.8 Å². The van der Waals surface area contributed by atoms with Crippen molar-refractivity contribution in [1.29, 1.82) is 10.7 Å². The number of anilines is 1. The Hall–Kier alpha value is -2.55. The molecule has 1 aromatic carbocycles. The van der Waals surface area contributed by atoms with Gasteiger partial charge in [-0.3, -0.25) is 10.8 Å². The molecule has 1 rings (SSSR count). The number of nitrogens with one attached hydrogen (secondary N) is 2. The third-order valence-electron chi connectivity index (χ3n) is 2.26. The second kappa shape index (κ2) is 7.71. The lowest BCUT2D eigenvalue weighted by Crippen LogP contribution is -2.21. The van der Waals surface area contributed by atoms with E-state index in [0.717, 1.165) is 18.6 Å². The lowest BCUT2D eigenvalue weighted by Gasteiger charge is -2.07. The molecule has 0 aliphatic carbocycles. The van der Waals surface area contributed by atoms with Crippen LogP contribution in [0.5, 0.6) is 5.75 Å². The molecule has 0 saturated heterocycles. The molecule has 0 aromatic heterocycles. The minimum absolute atomic E-state index is 0.155. The SMILES string of the molecule is CCCCOc1cccc(N/N=C(\C#N)C(=N)N)c1. The smallest absolute Gasteiger partial charge is 0.201 e. The van der Waals surface area contributed by atoms with Crippen molar-refractivity contribution in [2.45, 2.75) is 19.8 Å². The van der Waals surface area contributed by atoms with E-state index >= 15 is 0 Å². The first kappa shape index (κ1) is 14.5. The van der Waals surface area contributed by atoms with Gasteiger partial charge in [-0.2, -0.15) is 10.4 Å². The fraction of sp³-hybridized carbons (Fsp3) is 0.308. The number of benzene rings is 1. The predicted octanol–water partition coefficient (Wildman–Crippen LogP) is 2.09. The highest BCUT2D eigenvalue weighted by atomic mass is 16.5. The molecule has 0 amide bonds. The summed E-state index contributed by atoms with van der Waals surface area (Å²) in [5.41, 5.74) is 8.37. The highest BCUT2D eigenvalue weighted by Gasteiger charge is 2.01. The number of ether oxygens (including phenoxy) is 1. The van der Waals surface area contributed by atoms with Crippen LogP contribution in [0, 0.1) is 16.7 Å². The molecule has 4 N–H and O–H groups in total. The van der Waals surface area contributed by atoms with Crippen molar-refractivity contribution < 1.29 is 4.74 Å². The molecule has 0 spiro atoms. The normalized spacial score (nSPS) is 10.6. The van der Waals surface area contributed by atoms with E-state index < -0.39 is 0 Å². The average molecular weight is 259 g/mol. The van der Waals surface area contributed by atoms with Gasteiger partial charge in [0.05, 0.1) is 12.3 Å². The first-order valence-corrected chi connectivity index (χ1v) is 5.98. The molecular weight excluding hydrogens is 242 g/mol. The summed E-state index contributed by atoms with van der Waals surface area (Å²) in [6, 6.07) is 8.96. The third-order valence-corrected chi connectivity index (χ3v) is 2.26. The van der Waals surface area contributed by atoms with Crippen LogP contribution in [0.15, 0.2) is 29.4 Å². The van der Waals surface area contributed by atoms with E-state index in [1.165, 1.54) is 0 Å². The number of nitrogens with two attached hydrogens (primary N) is 1. The van der Waals surface area contributed by atoms with Crippen molar-refractivity contribution in [2.75, 3.05) is 12.0 Å². The van der Waals surface area contributed by atoms with E-state index in [1.54, 1.807) is 18.2 Å². The number of hydrogen-bond acceptors (Lipinski definition) is 5. The van der Waals surface area contributed by atoms with Gasteiger partial charge in [0, 0.05) is 6.07 Å². The number of unbranched alkanes of at least 4 members (excludes halogenated alkanes) is 1. The summed E-state index contributed by atoms with van der Waals surface area (Å²) in [6.07, 6.45) is 2.07. The molecule has 1 aromatic rings. The van der Waals surface area contributed by atoms with E-state index in [4.69, 9.17) is 21.1 Å². The number of nitriles is 1. The van der Waals surface area contributed by atoms with E-state index in [9.17, 15) is 0 Å². The quantitative estimate of drug-likeness (QED) is 0.301. The number of hydrogen-bond donors (Lipinski definition) is 3. The van der Waals surface area contributed by atoms with Gasteiger partial charge in [0.1, 0.15) is 11.8 Å². The Morgan fingerprint density at radius 3 is 3.00 bits per heavy atom. The zero-order valence-corrected chi connectivity index (χ0v) is 10.8. The number of amidine groups is 1. The molecule has 0 bridgehead atoms. The summed E-state index contributed by atoms with van der Waals surface area (Å²) in [6.45, 7) is 2.77. The van der Waals surface area contributed by atoms with Crippen molar-refractivity contribution in [3.8, 4) is 11.8 Å². The van der Waals surface area contributed by atoms with Gasteiger partial charge in [-0.05, 0) is 18.6 Å². The monoisotopic (exact) mass is 259 g/mol. The molecule has 0 radical (unpaired) electrons. The first-order chi connectivity index (χ1) is 9.17. The Kier molecular flexibility index (Phi) is 5.89. The maximum Gasteiger partial charge on any atom is 0.201 e. The second-order valence-electron chi connectivity index (χ2n) is 3.83. The molecule has 0 heterocycles. The molecule has 100 valence electrons. The Morgan fingerprint density at radius 1 is 1.58 bits per heavy atom. The lowest BCUT2D eigenvalue weighted by atomic mass is 10.3. The van der Waals surface area contributed by atoms with E-state index in [-0.39, 0.29) is 11.5 Å². The fourth-order valence-corrected chi connectivity index (χ4v) is 1.26. The average Bonchev–Trinajstić information content (AvgIpc) is 2.40. The van der Waals surface area contributed by atoms with Gasteiger partial charge in [0.25, 0.3) is 0 Å². The second-order valence-corrected chi connectivity index (χ2v) is 3.83. The molecule has 19 heavy (non-hydrogen) atoms. The summed E-state index contributed by atoms with van der Waals surface area (Å²) < 4.78 is 5.55. The number of rotatable bonds is 7. The van der Waals surface area contributed by atoms with Crippen molar-refractivity contribution in [3.63, 3.8) is 0 Å². The van der Waals surface area contributed by atoms with Crippen LogP contribution in [-0.4, -0.2) is 18.2 Å². The van der Waals surface area contributed by atoms with Gasteiger partial charge in [0.15, 0.2) is 5.84 Å². The molecule has 0 aliphatic rings. The third kappa shape index (κ3) is 5.08. The zero-order valence-electron chi connectivity index (χ0n) is 10.8. The summed E-state index contributed by atoms with van der Waals surface area (Å²) in [7, 11) is 0. The minimum Gasteiger partial charge on any atom is -0.494 e. The van der Waals surface area contributed by atoms with Gasteiger partial charge < -0.3 is 10.5 Å². The maximum absolute atomic E-state index is 8.71. The fourth-order valence-electron chi connectivity index (χ4n) is 1.26. The molecule has 0 saturated carbocycles. The number of hydrazone groups is 1. The van der Waals surface area contributed by atoms with Crippen LogP contribution >= 0.6 is 0 Å². The van der Waals surface area contributed by atoms with Crippen LogP contribution in [-0.2, 0) is 0 Å². The first-order valence-electron chi connectivity index (χ1n) is 5.98. The number of nitrogens with zero attached hydrogens (tertiary/aromatic N) is 2. The molecule has 0 aliphatic heterocycles. The molecule has 6 nitrogen and oxygen atoms in total. The van der Waals surface area contributed by atoms with Gasteiger partial charge >= 0.3 is 0 Å². The largest absolute Gasteiger partial charge is 0.494 e. The summed E-state index contributed by atoms with van der Waals surface area (Å²) in [5.74, 6) is 0.361. The van der Waals surface area contributed by atoms with Crippen molar-refractivity contribution in [3.05, 3.63) is 24.3 Å². The van der Waals surface area contributed by atoms with E-state index in [2.05, 4.69) is 17.5 Å². The molecular formula is C13H17N5O. The van der Waals surface area contributed by atoms with Gasteiger partial charge in [-0.1, -0.05) is 19.4 Å². The van der Waals surface area contributed by atoms with Crippen LogP contribution in [0.25, 0.3) is 0 Å². The van der Waals surface area contributed by atoms with E-state index in [0.29, 0.717) is 12.3 Å². The van der Waals surface area contributed by atoms with Gasteiger partial charge in [-0.15, -0.1) is 0 Å². The Labute approximate surface area is 112 Å². The standard InChI is InChI=1S/C13H17N5O/c1-2-3-7-19-11-6-4-5-10(8-11)17-18-12(9-14)13(15)16/h4-6,8,17H,2-3,7H2,1H3,(H3,15,16)/b18-12+. The molecule has 0 fully saturated rings. The van der Waals surface area contributed by atoms with Gasteiger partial charge in [0.2, 0.25) is 5.71 Å². The molecule has 6 heteroatoms. The van der Waals surface area contributed by atoms with Gasteiger partial charge in [-0.25, -0.2) is 0 Å². The van der Waals surface area contributed by atoms with Crippen LogP contribution in [0.1, 0.15) is 19.8 Å². The summed E-state index contributed by atoms with van der Waals surface area (Å²) >= 11 is 0. The molecule has 0 atom stereocenters. The van der Waals surface area contributed by atoms with Crippen LogP contribution in [0.2, 0.25) is 0 Å².